The maximum absolute atomic E-state index is 15.4. The number of halogens is 1. The number of rotatable bonds is 6. The second kappa shape index (κ2) is 11.3. The van der Waals surface area contributed by atoms with Crippen LogP contribution in [0.15, 0.2) is 53.4 Å². The summed E-state index contributed by atoms with van der Waals surface area (Å²) >= 11 is 0. The van der Waals surface area contributed by atoms with Gasteiger partial charge in [0, 0.05) is 30.9 Å². The molecule has 4 aliphatic rings. The van der Waals surface area contributed by atoms with Crippen molar-refractivity contribution in [3.63, 3.8) is 0 Å². The van der Waals surface area contributed by atoms with Crippen molar-refractivity contribution in [3.05, 3.63) is 65.4 Å². The molecule has 0 radical (unpaired) electrons. The first-order chi connectivity index (χ1) is 19.1. The van der Waals surface area contributed by atoms with Crippen LogP contribution in [0, 0.1) is 17.2 Å². The summed E-state index contributed by atoms with van der Waals surface area (Å²) in [7, 11) is 3.36. The zero-order valence-electron chi connectivity index (χ0n) is 24.3. The van der Waals surface area contributed by atoms with Gasteiger partial charge in [-0.2, -0.15) is 0 Å². The summed E-state index contributed by atoms with van der Waals surface area (Å²) in [5.74, 6) is 0.473. The number of carbonyl (C=O) groups is 2. The summed E-state index contributed by atoms with van der Waals surface area (Å²) in [6.07, 6.45) is 12.4. The van der Waals surface area contributed by atoms with Gasteiger partial charge in [0.2, 0.25) is 0 Å². The molecule has 40 heavy (non-hydrogen) atoms. The molecule has 2 aliphatic carbocycles. The van der Waals surface area contributed by atoms with Crippen molar-refractivity contribution < 1.29 is 18.7 Å². The number of methoxy groups -OCH3 is 1. The summed E-state index contributed by atoms with van der Waals surface area (Å²) in [5.41, 5.74) is 3.60. The molecule has 1 unspecified atom stereocenters. The van der Waals surface area contributed by atoms with E-state index < -0.39 is 0 Å². The van der Waals surface area contributed by atoms with E-state index in [1.54, 1.807) is 18.2 Å². The summed E-state index contributed by atoms with van der Waals surface area (Å²) in [6.45, 7) is 9.09. The minimum absolute atomic E-state index is 0.0219. The Balaban J connectivity index is 1.30. The molecular formula is C33H42FN3O3. The van der Waals surface area contributed by atoms with E-state index in [1.807, 2.05) is 29.0 Å². The third-order valence-corrected chi connectivity index (χ3v) is 9.57. The van der Waals surface area contributed by atoms with Gasteiger partial charge in [-0.1, -0.05) is 38.5 Å². The van der Waals surface area contributed by atoms with Crippen molar-refractivity contribution in [1.82, 2.24) is 9.80 Å². The molecule has 2 saturated carbocycles. The van der Waals surface area contributed by atoms with Crippen LogP contribution in [0.4, 0.5) is 4.39 Å². The molecule has 0 aromatic heterocycles. The number of ether oxygens (including phenoxy) is 1. The highest BCUT2D eigenvalue weighted by molar-refractivity contribution is 6.43. The molecule has 1 aromatic rings. The lowest BCUT2D eigenvalue weighted by molar-refractivity contribution is -0.159. The molecule has 2 heterocycles. The Hall–Kier alpha value is -3.22. The number of hydrogen-bond acceptors (Lipinski definition) is 5. The second-order valence-electron chi connectivity index (χ2n) is 12.2. The van der Waals surface area contributed by atoms with Crippen LogP contribution in [0.3, 0.4) is 0 Å². The molecule has 0 bridgehead atoms. The fraction of sp³-hybridized carbons (Fsp3) is 0.545. The quantitative estimate of drug-likeness (QED) is 0.377. The van der Waals surface area contributed by atoms with Gasteiger partial charge in [0.25, 0.3) is 5.91 Å². The Morgan fingerprint density at radius 2 is 1.95 bits per heavy atom. The molecule has 3 fully saturated rings. The standard InChI is InChI=1S/C33H42FN3O3/c1-6-26-16-29(31(38)37-13-9-7-8-10-22(37)3)35-30(36(26)4)14-21(2)27-12-11-23(15-28(27)34)24-17-33(18-24)19-25(20-33)32(39)40-5/h11-12,14-16,22,24-25H,2,6-10,13,17-20H2,1,3-5H3/b30-14-. The Morgan fingerprint density at radius 1 is 1.20 bits per heavy atom. The minimum Gasteiger partial charge on any atom is -0.469 e. The zero-order chi connectivity index (χ0) is 28.6. The van der Waals surface area contributed by atoms with Crippen molar-refractivity contribution in [3.8, 4) is 0 Å². The van der Waals surface area contributed by atoms with Crippen LogP contribution >= 0.6 is 0 Å². The number of likely N-dealkylation sites (tertiary alicyclic amines) is 1. The third-order valence-electron chi connectivity index (χ3n) is 9.57. The normalized spacial score (nSPS) is 29.2. The van der Waals surface area contributed by atoms with Crippen molar-refractivity contribution in [2.45, 2.75) is 83.6 Å². The average Bonchev–Trinajstić information content (AvgIpc) is 3.11. The Morgan fingerprint density at radius 3 is 2.62 bits per heavy atom. The number of esters is 1. The highest BCUT2D eigenvalue weighted by atomic mass is 19.1. The number of nitrogens with zero attached hydrogens (tertiary/aromatic N) is 3. The molecule has 6 nitrogen and oxygen atoms in total. The molecule has 1 aromatic carbocycles. The maximum Gasteiger partial charge on any atom is 0.308 e. The van der Waals surface area contributed by atoms with E-state index >= 15 is 4.39 Å². The van der Waals surface area contributed by atoms with Gasteiger partial charge in [-0.05, 0) is 92.6 Å². The SMILES string of the molecule is C=C(/C=C1/N=C(C(=O)N2CCCCCC2C)C=C(CC)N1C)c1ccc(C2CC3(CC(C(=O)OC)C3)C2)cc1F. The molecule has 0 N–H and O–H groups in total. The van der Waals surface area contributed by atoms with E-state index in [-0.39, 0.29) is 35.1 Å². The van der Waals surface area contributed by atoms with Crippen LogP contribution in [0.25, 0.3) is 5.57 Å². The number of amides is 1. The molecule has 214 valence electrons. The van der Waals surface area contributed by atoms with Gasteiger partial charge >= 0.3 is 5.97 Å². The van der Waals surface area contributed by atoms with E-state index in [0.29, 0.717) is 28.6 Å². The minimum atomic E-state index is -0.301. The first-order valence-electron chi connectivity index (χ1n) is 14.8. The van der Waals surface area contributed by atoms with Crippen LogP contribution in [0.2, 0.25) is 0 Å². The average molecular weight is 548 g/mol. The molecular weight excluding hydrogens is 505 g/mol. The lowest BCUT2D eigenvalue weighted by Gasteiger charge is -2.57. The van der Waals surface area contributed by atoms with Crippen LogP contribution in [0.1, 0.15) is 88.7 Å². The highest BCUT2D eigenvalue weighted by Gasteiger charge is 2.55. The number of benzene rings is 1. The van der Waals surface area contributed by atoms with Crippen LogP contribution in [-0.2, 0) is 14.3 Å². The number of aliphatic imine (C=N–C) groups is 1. The molecule has 2 aliphatic heterocycles. The van der Waals surface area contributed by atoms with Gasteiger partial charge in [-0.25, -0.2) is 9.38 Å². The highest BCUT2D eigenvalue weighted by Crippen LogP contribution is 2.64. The van der Waals surface area contributed by atoms with Crippen molar-refractivity contribution in [1.29, 1.82) is 0 Å². The van der Waals surface area contributed by atoms with E-state index in [1.165, 1.54) is 7.11 Å². The van der Waals surface area contributed by atoms with Crippen LogP contribution in [-0.4, -0.2) is 54.1 Å². The van der Waals surface area contributed by atoms with E-state index in [2.05, 4.69) is 20.4 Å². The number of carbonyl (C=O) groups excluding carboxylic acids is 2. The van der Waals surface area contributed by atoms with E-state index in [4.69, 9.17) is 9.73 Å². The first kappa shape index (κ1) is 28.3. The third kappa shape index (κ3) is 5.39. The monoisotopic (exact) mass is 547 g/mol. The van der Waals surface area contributed by atoms with Gasteiger partial charge in [0.15, 0.2) is 0 Å². The summed E-state index contributed by atoms with van der Waals surface area (Å²) in [6, 6.07) is 5.63. The number of hydrogen-bond donors (Lipinski definition) is 0. The Bertz CT molecular complexity index is 1280. The molecule has 1 saturated heterocycles. The predicted octanol–water partition coefficient (Wildman–Crippen LogP) is 6.60. The molecule has 1 atom stereocenters. The van der Waals surface area contributed by atoms with Crippen molar-refractivity contribution in [2.24, 2.45) is 16.3 Å². The summed E-state index contributed by atoms with van der Waals surface area (Å²) in [4.78, 5) is 33.9. The lowest BCUT2D eigenvalue weighted by atomic mass is 9.47. The van der Waals surface area contributed by atoms with E-state index in [9.17, 15) is 9.59 Å². The summed E-state index contributed by atoms with van der Waals surface area (Å²) in [5, 5.41) is 0. The fourth-order valence-electron chi connectivity index (χ4n) is 7.09. The molecule has 7 heteroatoms. The van der Waals surface area contributed by atoms with Gasteiger partial charge in [0.05, 0.1) is 13.0 Å². The van der Waals surface area contributed by atoms with Gasteiger partial charge in [-0.15, -0.1) is 0 Å². The predicted molar refractivity (Wildman–Crippen MR) is 156 cm³/mol. The molecule has 5 rings (SSSR count). The second-order valence-corrected chi connectivity index (χ2v) is 12.2. The maximum atomic E-state index is 15.4. The Kier molecular flexibility index (Phi) is 8.03. The Labute approximate surface area is 237 Å². The van der Waals surface area contributed by atoms with E-state index in [0.717, 1.165) is 75.6 Å². The van der Waals surface area contributed by atoms with Crippen LogP contribution in [0.5, 0.6) is 0 Å². The smallest absolute Gasteiger partial charge is 0.308 e. The lowest BCUT2D eigenvalue weighted by Crippen LogP contribution is -2.49. The van der Waals surface area contributed by atoms with Gasteiger partial charge in [-0.3, -0.25) is 9.59 Å². The fourth-order valence-corrected chi connectivity index (χ4v) is 7.09. The largest absolute Gasteiger partial charge is 0.469 e. The summed E-state index contributed by atoms with van der Waals surface area (Å²) < 4.78 is 20.2. The molecule has 1 spiro atoms. The van der Waals surface area contributed by atoms with Crippen molar-refractivity contribution in [2.75, 3.05) is 20.7 Å². The van der Waals surface area contributed by atoms with Gasteiger partial charge in [0.1, 0.15) is 17.3 Å². The number of allylic oxidation sites excluding steroid dienone is 3. The van der Waals surface area contributed by atoms with Gasteiger partial charge < -0.3 is 14.5 Å². The topological polar surface area (TPSA) is 62.2 Å². The van der Waals surface area contributed by atoms with Crippen molar-refractivity contribution >= 4 is 23.2 Å². The first-order valence-corrected chi connectivity index (χ1v) is 14.8. The zero-order valence-corrected chi connectivity index (χ0v) is 24.3. The molecule has 1 amide bonds. The van der Waals surface area contributed by atoms with Crippen LogP contribution < -0.4 is 0 Å².